The molecule has 1 fully saturated rings. The van der Waals surface area contributed by atoms with Crippen molar-refractivity contribution in [1.29, 1.82) is 0 Å². The Morgan fingerprint density at radius 2 is 1.80 bits per heavy atom. The summed E-state index contributed by atoms with van der Waals surface area (Å²) >= 11 is 0. The number of hydrogen-bond donors (Lipinski definition) is 0. The molecular weight excluding hydrogens is 246 g/mol. The average Bonchev–Trinajstić information content (AvgIpc) is 2.96. The van der Waals surface area contributed by atoms with Gasteiger partial charge in [-0.1, -0.05) is 42.5 Å². The normalized spacial score (nSPS) is 19.1. The van der Waals surface area contributed by atoms with Crippen molar-refractivity contribution in [3.63, 3.8) is 0 Å². The molecule has 0 N–H and O–H groups in total. The van der Waals surface area contributed by atoms with Gasteiger partial charge in [0, 0.05) is 12.6 Å². The van der Waals surface area contributed by atoms with E-state index in [1.54, 1.807) is 7.11 Å². The number of hydrogen-bond acceptors (Lipinski definition) is 2. The molecule has 0 bridgehead atoms. The van der Waals surface area contributed by atoms with Crippen molar-refractivity contribution in [1.82, 2.24) is 4.90 Å². The minimum atomic E-state index is 0.543. The molecule has 0 spiro atoms. The number of rotatable bonds is 4. The van der Waals surface area contributed by atoms with E-state index in [1.165, 1.54) is 30.5 Å². The largest absolute Gasteiger partial charge is 0.497 e. The molecule has 1 heterocycles. The van der Waals surface area contributed by atoms with Crippen molar-refractivity contribution in [2.75, 3.05) is 13.7 Å². The molecule has 0 amide bonds. The van der Waals surface area contributed by atoms with Crippen molar-refractivity contribution in [2.24, 2.45) is 0 Å². The molecule has 2 aromatic carbocycles. The van der Waals surface area contributed by atoms with E-state index in [2.05, 4.69) is 59.5 Å². The van der Waals surface area contributed by atoms with Gasteiger partial charge in [0.1, 0.15) is 5.75 Å². The van der Waals surface area contributed by atoms with Gasteiger partial charge in [0.15, 0.2) is 0 Å². The molecule has 1 unspecified atom stereocenters. The topological polar surface area (TPSA) is 12.5 Å². The van der Waals surface area contributed by atoms with Crippen LogP contribution in [0.5, 0.6) is 5.75 Å². The lowest BCUT2D eigenvalue weighted by molar-refractivity contribution is 0.248. The highest BCUT2D eigenvalue weighted by Gasteiger charge is 2.25. The highest BCUT2D eigenvalue weighted by atomic mass is 16.5. The van der Waals surface area contributed by atoms with E-state index in [0.717, 1.165) is 12.3 Å². The molecular formula is C18H21NO. The SMILES string of the molecule is COc1ccc(C2CCCN2Cc2ccccc2)cc1. The highest BCUT2D eigenvalue weighted by molar-refractivity contribution is 5.29. The minimum Gasteiger partial charge on any atom is -0.497 e. The van der Waals surface area contributed by atoms with Crippen LogP contribution in [-0.2, 0) is 6.54 Å². The van der Waals surface area contributed by atoms with Crippen LogP contribution in [-0.4, -0.2) is 18.6 Å². The fraction of sp³-hybridized carbons (Fsp3) is 0.333. The van der Waals surface area contributed by atoms with Gasteiger partial charge in [-0.2, -0.15) is 0 Å². The summed E-state index contributed by atoms with van der Waals surface area (Å²) in [4.78, 5) is 2.58. The summed E-state index contributed by atoms with van der Waals surface area (Å²) in [5.41, 5.74) is 2.80. The Hall–Kier alpha value is -1.80. The molecule has 2 nitrogen and oxygen atoms in total. The molecule has 0 saturated carbocycles. The first kappa shape index (κ1) is 13.2. The third-order valence-electron chi connectivity index (χ3n) is 4.09. The van der Waals surface area contributed by atoms with Crippen LogP contribution in [0, 0.1) is 0 Å². The van der Waals surface area contributed by atoms with Gasteiger partial charge in [-0.3, -0.25) is 4.90 Å². The Balaban J connectivity index is 1.74. The van der Waals surface area contributed by atoms with Gasteiger partial charge in [0.05, 0.1) is 7.11 Å². The molecule has 0 radical (unpaired) electrons. The van der Waals surface area contributed by atoms with E-state index in [1.807, 2.05) is 0 Å². The minimum absolute atomic E-state index is 0.543. The first-order chi connectivity index (χ1) is 9.86. The Kier molecular flexibility index (Phi) is 4.03. The van der Waals surface area contributed by atoms with E-state index < -0.39 is 0 Å². The average molecular weight is 267 g/mol. The summed E-state index contributed by atoms with van der Waals surface area (Å²) in [6.45, 7) is 2.23. The number of nitrogens with zero attached hydrogens (tertiary/aromatic N) is 1. The van der Waals surface area contributed by atoms with Crippen LogP contribution in [0.15, 0.2) is 54.6 Å². The predicted octanol–water partition coefficient (Wildman–Crippen LogP) is 4.03. The summed E-state index contributed by atoms with van der Waals surface area (Å²) in [5.74, 6) is 0.932. The Bertz CT molecular complexity index is 535. The standard InChI is InChI=1S/C18H21NO/c1-20-17-11-9-16(10-12-17)18-8-5-13-19(18)14-15-6-3-2-4-7-15/h2-4,6-7,9-12,18H,5,8,13-14H2,1H3. The zero-order chi connectivity index (χ0) is 13.8. The predicted molar refractivity (Wildman–Crippen MR) is 81.8 cm³/mol. The maximum absolute atomic E-state index is 5.24. The van der Waals surface area contributed by atoms with Crippen LogP contribution in [0.4, 0.5) is 0 Å². The van der Waals surface area contributed by atoms with E-state index in [-0.39, 0.29) is 0 Å². The van der Waals surface area contributed by atoms with E-state index >= 15 is 0 Å². The lowest BCUT2D eigenvalue weighted by atomic mass is 10.0. The Labute approximate surface area is 121 Å². The van der Waals surface area contributed by atoms with Gasteiger partial charge >= 0.3 is 0 Å². The van der Waals surface area contributed by atoms with Gasteiger partial charge in [0.25, 0.3) is 0 Å². The molecule has 2 heteroatoms. The summed E-state index contributed by atoms with van der Waals surface area (Å²) in [6.07, 6.45) is 2.53. The monoisotopic (exact) mass is 267 g/mol. The number of methoxy groups -OCH3 is 1. The molecule has 1 saturated heterocycles. The second-order valence-corrected chi connectivity index (χ2v) is 5.39. The lowest BCUT2D eigenvalue weighted by Gasteiger charge is -2.25. The summed E-state index contributed by atoms with van der Waals surface area (Å²) in [6, 6.07) is 19.8. The third-order valence-corrected chi connectivity index (χ3v) is 4.09. The van der Waals surface area contributed by atoms with Gasteiger partial charge in [-0.15, -0.1) is 0 Å². The van der Waals surface area contributed by atoms with Crippen LogP contribution in [0.2, 0.25) is 0 Å². The van der Waals surface area contributed by atoms with Crippen molar-refractivity contribution in [3.05, 3.63) is 65.7 Å². The van der Waals surface area contributed by atoms with E-state index in [0.29, 0.717) is 6.04 Å². The summed E-state index contributed by atoms with van der Waals surface area (Å²) in [5, 5.41) is 0. The third kappa shape index (κ3) is 2.86. The van der Waals surface area contributed by atoms with Crippen molar-refractivity contribution >= 4 is 0 Å². The highest BCUT2D eigenvalue weighted by Crippen LogP contribution is 2.33. The number of benzene rings is 2. The van der Waals surface area contributed by atoms with Crippen LogP contribution in [0.1, 0.15) is 30.0 Å². The molecule has 3 rings (SSSR count). The van der Waals surface area contributed by atoms with Crippen molar-refractivity contribution in [2.45, 2.75) is 25.4 Å². The van der Waals surface area contributed by atoms with Crippen LogP contribution in [0.25, 0.3) is 0 Å². The van der Waals surface area contributed by atoms with Gasteiger partial charge in [-0.05, 0) is 42.6 Å². The lowest BCUT2D eigenvalue weighted by Crippen LogP contribution is -2.22. The molecule has 1 atom stereocenters. The first-order valence-corrected chi connectivity index (χ1v) is 7.29. The zero-order valence-electron chi connectivity index (χ0n) is 12.0. The van der Waals surface area contributed by atoms with Crippen molar-refractivity contribution < 1.29 is 4.74 Å². The van der Waals surface area contributed by atoms with E-state index in [4.69, 9.17) is 4.74 Å². The maximum Gasteiger partial charge on any atom is 0.118 e. The molecule has 0 aromatic heterocycles. The molecule has 1 aliphatic rings. The fourth-order valence-corrected chi connectivity index (χ4v) is 3.04. The van der Waals surface area contributed by atoms with Gasteiger partial charge in [0.2, 0.25) is 0 Å². The zero-order valence-corrected chi connectivity index (χ0v) is 12.0. The summed E-state index contributed by atoms with van der Waals surface area (Å²) < 4.78 is 5.24. The molecule has 20 heavy (non-hydrogen) atoms. The maximum atomic E-state index is 5.24. The second kappa shape index (κ2) is 6.10. The van der Waals surface area contributed by atoms with Crippen LogP contribution >= 0.6 is 0 Å². The molecule has 1 aliphatic heterocycles. The van der Waals surface area contributed by atoms with Crippen molar-refractivity contribution in [3.8, 4) is 5.75 Å². The van der Waals surface area contributed by atoms with E-state index in [9.17, 15) is 0 Å². The first-order valence-electron chi connectivity index (χ1n) is 7.29. The summed E-state index contributed by atoms with van der Waals surface area (Å²) in [7, 11) is 1.71. The Morgan fingerprint density at radius 3 is 2.50 bits per heavy atom. The molecule has 104 valence electrons. The Morgan fingerprint density at radius 1 is 1.05 bits per heavy atom. The second-order valence-electron chi connectivity index (χ2n) is 5.39. The van der Waals surface area contributed by atoms with Gasteiger partial charge in [-0.25, -0.2) is 0 Å². The molecule has 2 aromatic rings. The molecule has 0 aliphatic carbocycles. The van der Waals surface area contributed by atoms with Gasteiger partial charge < -0.3 is 4.74 Å². The number of likely N-dealkylation sites (tertiary alicyclic amines) is 1. The fourth-order valence-electron chi connectivity index (χ4n) is 3.04. The van der Waals surface area contributed by atoms with Crippen LogP contribution < -0.4 is 4.74 Å². The quantitative estimate of drug-likeness (QED) is 0.829. The number of ether oxygens (including phenoxy) is 1. The smallest absolute Gasteiger partial charge is 0.118 e. The van der Waals surface area contributed by atoms with Crippen LogP contribution in [0.3, 0.4) is 0 Å².